The summed E-state index contributed by atoms with van der Waals surface area (Å²) in [6.07, 6.45) is 10.3. The van der Waals surface area contributed by atoms with Gasteiger partial charge in [0, 0.05) is 5.71 Å². The first-order chi connectivity index (χ1) is 14.1. The lowest BCUT2D eigenvalue weighted by Gasteiger charge is -2.18. The second-order valence-corrected chi connectivity index (χ2v) is 7.87. The van der Waals surface area contributed by atoms with E-state index in [0.29, 0.717) is 5.71 Å². The zero-order chi connectivity index (χ0) is 20.0. The van der Waals surface area contributed by atoms with E-state index in [1.165, 1.54) is 44.5 Å². The molecule has 1 nitrogen and oxygen atoms in total. The van der Waals surface area contributed by atoms with Gasteiger partial charge in [0.15, 0.2) is 0 Å². The maximum Gasteiger partial charge on any atom is 0.0355 e. The fourth-order valence-corrected chi connectivity index (χ4v) is 4.61. The lowest BCUT2D eigenvalue weighted by atomic mass is 9.85. The topological polar surface area (TPSA) is 23.9 Å². The highest BCUT2D eigenvalue weighted by Crippen LogP contribution is 2.45. The third kappa shape index (κ3) is 2.91. The molecule has 2 aliphatic carbocycles. The fraction of sp³-hybridized carbons (Fsp3) is 0.107. The maximum absolute atomic E-state index is 7.98. The summed E-state index contributed by atoms with van der Waals surface area (Å²) in [5.41, 5.74) is 13.1. The summed E-state index contributed by atoms with van der Waals surface area (Å²) in [5, 5.41) is 7.98. The third-order valence-corrected chi connectivity index (χ3v) is 5.98. The van der Waals surface area contributed by atoms with Crippen LogP contribution in [0.4, 0.5) is 0 Å². The van der Waals surface area contributed by atoms with Gasteiger partial charge in [0.2, 0.25) is 0 Å². The molecule has 0 saturated heterocycles. The maximum atomic E-state index is 7.98. The number of rotatable bonds is 2. The molecule has 0 radical (unpaired) electrons. The van der Waals surface area contributed by atoms with Crippen molar-refractivity contribution < 1.29 is 0 Å². The highest BCUT2D eigenvalue weighted by molar-refractivity contribution is 5.99. The summed E-state index contributed by atoms with van der Waals surface area (Å²) in [6.45, 7) is 6.22. The minimum absolute atomic E-state index is 0.615. The minimum Gasteiger partial charge on any atom is -0.305 e. The van der Waals surface area contributed by atoms with Gasteiger partial charge in [-0.1, -0.05) is 79.4 Å². The molecule has 29 heavy (non-hydrogen) atoms. The van der Waals surface area contributed by atoms with Gasteiger partial charge in [-0.05, 0) is 81.5 Å². The quantitative estimate of drug-likeness (QED) is 0.366. The molecule has 2 aliphatic rings. The van der Waals surface area contributed by atoms with Crippen molar-refractivity contribution in [3.63, 3.8) is 0 Å². The monoisotopic (exact) mass is 373 g/mol. The summed E-state index contributed by atoms with van der Waals surface area (Å²) in [5.74, 6) is 0. The Morgan fingerprint density at radius 2 is 1.59 bits per heavy atom. The summed E-state index contributed by atoms with van der Waals surface area (Å²) in [7, 11) is 0. The highest BCUT2D eigenvalue weighted by atomic mass is 14.4. The van der Waals surface area contributed by atoms with Crippen LogP contribution in [0.25, 0.3) is 27.8 Å². The van der Waals surface area contributed by atoms with E-state index in [2.05, 4.69) is 85.5 Å². The molecule has 0 atom stereocenters. The van der Waals surface area contributed by atoms with Gasteiger partial charge in [-0.15, -0.1) is 0 Å². The van der Waals surface area contributed by atoms with Gasteiger partial charge in [-0.25, -0.2) is 0 Å². The summed E-state index contributed by atoms with van der Waals surface area (Å²) in [4.78, 5) is 0. The van der Waals surface area contributed by atoms with E-state index in [4.69, 9.17) is 5.41 Å². The minimum atomic E-state index is 0.615. The Hall–Kier alpha value is -3.45. The van der Waals surface area contributed by atoms with Crippen molar-refractivity contribution in [3.8, 4) is 22.3 Å². The van der Waals surface area contributed by atoms with Crippen molar-refractivity contribution in [2.24, 2.45) is 0 Å². The molecule has 0 bridgehead atoms. The Bertz CT molecular complexity index is 1240. The van der Waals surface area contributed by atoms with Crippen LogP contribution in [-0.4, -0.2) is 5.71 Å². The Labute approximate surface area is 172 Å². The van der Waals surface area contributed by atoms with Crippen LogP contribution in [0, 0.1) is 5.41 Å². The molecule has 0 fully saturated rings. The molecule has 0 unspecified atom stereocenters. The van der Waals surface area contributed by atoms with E-state index >= 15 is 0 Å². The first-order valence-electron chi connectivity index (χ1n) is 10.1. The molecule has 0 aromatic heterocycles. The molecule has 1 heteroatoms. The number of hydrogen-bond acceptors (Lipinski definition) is 1. The molecule has 5 rings (SSSR count). The zero-order valence-corrected chi connectivity index (χ0v) is 16.6. The molecule has 0 spiro atoms. The van der Waals surface area contributed by atoms with E-state index in [9.17, 15) is 0 Å². The molecule has 140 valence electrons. The number of allylic oxidation sites excluding steroid dienone is 5. The van der Waals surface area contributed by atoms with Crippen LogP contribution in [0.2, 0.25) is 0 Å². The Morgan fingerprint density at radius 3 is 2.38 bits per heavy atom. The molecule has 0 heterocycles. The van der Waals surface area contributed by atoms with Gasteiger partial charge < -0.3 is 5.41 Å². The van der Waals surface area contributed by atoms with Crippen molar-refractivity contribution in [1.82, 2.24) is 0 Å². The average Bonchev–Trinajstić information content (AvgIpc) is 3.09. The van der Waals surface area contributed by atoms with E-state index in [0.717, 1.165) is 24.0 Å². The van der Waals surface area contributed by atoms with Crippen LogP contribution in [-0.2, 0) is 12.8 Å². The zero-order valence-electron chi connectivity index (χ0n) is 16.6. The molecular formula is C28H23N. The van der Waals surface area contributed by atoms with Crippen LogP contribution in [0.1, 0.15) is 34.7 Å². The predicted molar refractivity (Wildman–Crippen MR) is 124 cm³/mol. The molecule has 3 aromatic carbocycles. The van der Waals surface area contributed by atoms with Crippen LogP contribution in [0.3, 0.4) is 0 Å². The summed E-state index contributed by atoms with van der Waals surface area (Å²) >= 11 is 0. The Kier molecular flexibility index (Phi) is 4.17. The van der Waals surface area contributed by atoms with Crippen molar-refractivity contribution in [2.45, 2.75) is 19.8 Å². The second kappa shape index (κ2) is 6.86. The van der Waals surface area contributed by atoms with Gasteiger partial charge >= 0.3 is 0 Å². The lowest BCUT2D eigenvalue weighted by molar-refractivity contribution is 1.24. The number of benzene rings is 3. The van der Waals surface area contributed by atoms with Crippen molar-refractivity contribution >= 4 is 11.3 Å². The molecule has 0 amide bonds. The van der Waals surface area contributed by atoms with Gasteiger partial charge in [0.25, 0.3) is 0 Å². The molecule has 0 aliphatic heterocycles. The Balaban J connectivity index is 1.74. The largest absolute Gasteiger partial charge is 0.305 e. The van der Waals surface area contributed by atoms with Gasteiger partial charge in [0.05, 0.1) is 0 Å². The first-order valence-corrected chi connectivity index (χ1v) is 10.1. The van der Waals surface area contributed by atoms with Gasteiger partial charge in [0.1, 0.15) is 0 Å². The molecule has 0 saturated carbocycles. The normalized spacial score (nSPS) is 16.2. The average molecular weight is 373 g/mol. The van der Waals surface area contributed by atoms with Crippen LogP contribution >= 0.6 is 0 Å². The van der Waals surface area contributed by atoms with E-state index < -0.39 is 0 Å². The van der Waals surface area contributed by atoms with Crippen molar-refractivity contribution in [1.29, 1.82) is 5.41 Å². The van der Waals surface area contributed by atoms with Crippen LogP contribution in [0.15, 0.2) is 85.5 Å². The molecular weight excluding hydrogens is 350 g/mol. The van der Waals surface area contributed by atoms with Crippen molar-refractivity contribution in [2.75, 3.05) is 0 Å². The third-order valence-electron chi connectivity index (χ3n) is 5.98. The van der Waals surface area contributed by atoms with Gasteiger partial charge in [-0.3, -0.25) is 0 Å². The first kappa shape index (κ1) is 17.6. The molecule has 3 aromatic rings. The van der Waals surface area contributed by atoms with E-state index in [-0.39, 0.29) is 0 Å². The SMILES string of the molecule is C=C1/C=C\C=C/Cc2cccc(-c3cccc4c3-c3ccc(C(C)=N)cc3C4)c21. The van der Waals surface area contributed by atoms with Gasteiger partial charge in [-0.2, -0.15) is 0 Å². The smallest absolute Gasteiger partial charge is 0.0355 e. The number of fused-ring (bicyclic) bond motifs is 4. The predicted octanol–water partition coefficient (Wildman–Crippen LogP) is 6.99. The van der Waals surface area contributed by atoms with Crippen LogP contribution < -0.4 is 0 Å². The fourth-order valence-electron chi connectivity index (χ4n) is 4.61. The number of nitrogens with one attached hydrogen (secondary N) is 1. The van der Waals surface area contributed by atoms with E-state index in [1.807, 2.05) is 6.92 Å². The highest BCUT2D eigenvalue weighted by Gasteiger charge is 2.24. The number of hydrogen-bond donors (Lipinski definition) is 1. The van der Waals surface area contributed by atoms with Crippen LogP contribution in [0.5, 0.6) is 0 Å². The molecule has 1 N–H and O–H groups in total. The second-order valence-electron chi connectivity index (χ2n) is 7.87. The standard InChI is InChI=1S/C28H23N/c1-18-8-4-3-5-9-20-10-6-12-25(27(18)20)26-13-7-11-22-17-23-16-21(19(2)29)14-15-24(23)28(22)26/h3-8,10-16,29H,1,9,17H2,2H3/b5-3-,8-4-,29-19?. The Morgan fingerprint density at radius 1 is 0.828 bits per heavy atom. The van der Waals surface area contributed by atoms with E-state index in [1.54, 1.807) is 0 Å². The summed E-state index contributed by atoms with van der Waals surface area (Å²) < 4.78 is 0. The lowest BCUT2D eigenvalue weighted by Crippen LogP contribution is -1.98. The van der Waals surface area contributed by atoms with Crippen molar-refractivity contribution in [3.05, 3.63) is 113 Å². The summed E-state index contributed by atoms with van der Waals surface area (Å²) in [6, 6.07) is 19.7.